The SMILES string of the molecule is Cc1cccc(C(=O)O)c1NC(=O)N1CCC(C)(O)CC1. The molecular weight excluding hydrogens is 272 g/mol. The summed E-state index contributed by atoms with van der Waals surface area (Å²) in [6.07, 6.45) is 1.03. The number of aliphatic hydroxyl groups is 1. The van der Waals surface area contributed by atoms with Gasteiger partial charge in [-0.25, -0.2) is 9.59 Å². The molecule has 1 aliphatic heterocycles. The average molecular weight is 292 g/mol. The number of urea groups is 1. The van der Waals surface area contributed by atoms with Crippen LogP contribution in [0.1, 0.15) is 35.7 Å². The number of hydrogen-bond acceptors (Lipinski definition) is 3. The van der Waals surface area contributed by atoms with Crippen LogP contribution in [-0.4, -0.2) is 45.8 Å². The topological polar surface area (TPSA) is 89.9 Å². The lowest BCUT2D eigenvalue weighted by molar-refractivity contribution is 0.00570. The minimum atomic E-state index is -1.07. The van der Waals surface area contributed by atoms with E-state index in [9.17, 15) is 19.8 Å². The largest absolute Gasteiger partial charge is 0.478 e. The molecule has 1 fully saturated rings. The van der Waals surface area contributed by atoms with Crippen molar-refractivity contribution in [3.8, 4) is 0 Å². The maximum absolute atomic E-state index is 12.2. The van der Waals surface area contributed by atoms with Gasteiger partial charge in [0, 0.05) is 13.1 Å². The van der Waals surface area contributed by atoms with Crippen molar-refractivity contribution < 1.29 is 19.8 Å². The summed E-state index contributed by atoms with van der Waals surface area (Å²) >= 11 is 0. The van der Waals surface area contributed by atoms with Gasteiger partial charge in [0.15, 0.2) is 0 Å². The number of benzene rings is 1. The molecule has 2 rings (SSSR count). The van der Waals surface area contributed by atoms with Crippen LogP contribution in [0, 0.1) is 6.92 Å². The second kappa shape index (κ2) is 5.73. The Morgan fingerprint density at radius 1 is 1.29 bits per heavy atom. The van der Waals surface area contributed by atoms with E-state index in [4.69, 9.17) is 0 Å². The van der Waals surface area contributed by atoms with Crippen molar-refractivity contribution in [3.63, 3.8) is 0 Å². The number of rotatable bonds is 2. The highest BCUT2D eigenvalue weighted by molar-refractivity contribution is 6.01. The molecule has 6 nitrogen and oxygen atoms in total. The fourth-order valence-electron chi connectivity index (χ4n) is 2.39. The number of carboxylic acids is 1. The fourth-order valence-corrected chi connectivity index (χ4v) is 2.39. The Bertz CT molecular complexity index is 559. The van der Waals surface area contributed by atoms with Crippen molar-refractivity contribution in [2.24, 2.45) is 0 Å². The molecule has 1 heterocycles. The number of hydrogen-bond donors (Lipinski definition) is 3. The molecule has 21 heavy (non-hydrogen) atoms. The highest BCUT2D eigenvalue weighted by Crippen LogP contribution is 2.24. The minimum Gasteiger partial charge on any atom is -0.478 e. The van der Waals surface area contributed by atoms with Crippen LogP contribution >= 0.6 is 0 Å². The molecule has 0 atom stereocenters. The van der Waals surface area contributed by atoms with E-state index in [-0.39, 0.29) is 11.6 Å². The van der Waals surface area contributed by atoms with Crippen molar-refractivity contribution >= 4 is 17.7 Å². The molecule has 0 unspecified atom stereocenters. The molecule has 0 spiro atoms. The quantitative estimate of drug-likeness (QED) is 0.778. The van der Waals surface area contributed by atoms with Gasteiger partial charge in [-0.1, -0.05) is 12.1 Å². The highest BCUT2D eigenvalue weighted by Gasteiger charge is 2.30. The number of aromatic carboxylic acids is 1. The van der Waals surface area contributed by atoms with Crippen molar-refractivity contribution in [2.45, 2.75) is 32.3 Å². The molecule has 0 aromatic heterocycles. The van der Waals surface area contributed by atoms with E-state index in [1.807, 2.05) is 0 Å². The first kappa shape index (κ1) is 15.3. The molecule has 0 bridgehead atoms. The monoisotopic (exact) mass is 292 g/mol. The summed E-state index contributed by atoms with van der Waals surface area (Å²) < 4.78 is 0. The Morgan fingerprint density at radius 2 is 1.90 bits per heavy atom. The molecule has 1 saturated heterocycles. The minimum absolute atomic E-state index is 0.0763. The fraction of sp³-hybridized carbons (Fsp3) is 0.467. The number of carbonyl (C=O) groups excluding carboxylic acids is 1. The molecule has 0 saturated carbocycles. The summed E-state index contributed by atoms with van der Waals surface area (Å²) in [6, 6.07) is 4.53. The van der Waals surface area contributed by atoms with E-state index in [2.05, 4.69) is 5.32 Å². The average Bonchev–Trinajstić information content (AvgIpc) is 2.40. The van der Waals surface area contributed by atoms with Crippen molar-refractivity contribution in [2.75, 3.05) is 18.4 Å². The Balaban J connectivity index is 2.12. The predicted octanol–water partition coefficient (Wildman–Crippen LogP) is 2.07. The third kappa shape index (κ3) is 3.52. The molecule has 2 amide bonds. The molecule has 0 radical (unpaired) electrons. The number of anilines is 1. The highest BCUT2D eigenvalue weighted by atomic mass is 16.4. The molecule has 3 N–H and O–H groups in total. The summed E-state index contributed by atoms with van der Waals surface area (Å²) in [5, 5.41) is 21.8. The number of aryl methyl sites for hydroxylation is 1. The first-order valence-electron chi connectivity index (χ1n) is 6.91. The van der Waals surface area contributed by atoms with E-state index in [0.29, 0.717) is 37.2 Å². The Labute approximate surface area is 123 Å². The van der Waals surface area contributed by atoms with Crippen molar-refractivity contribution in [1.29, 1.82) is 0 Å². The maximum Gasteiger partial charge on any atom is 0.337 e. The van der Waals surface area contributed by atoms with Gasteiger partial charge < -0.3 is 20.4 Å². The second-order valence-corrected chi connectivity index (χ2v) is 5.72. The van der Waals surface area contributed by atoms with Gasteiger partial charge in [0.1, 0.15) is 0 Å². The van der Waals surface area contributed by atoms with Crippen molar-refractivity contribution in [3.05, 3.63) is 29.3 Å². The van der Waals surface area contributed by atoms with Gasteiger partial charge in [0.2, 0.25) is 0 Å². The lowest BCUT2D eigenvalue weighted by Crippen LogP contribution is -2.46. The van der Waals surface area contributed by atoms with E-state index in [1.165, 1.54) is 6.07 Å². The number of piperidine rings is 1. The Hall–Kier alpha value is -2.08. The van der Waals surface area contributed by atoms with E-state index < -0.39 is 11.6 Å². The van der Waals surface area contributed by atoms with Crippen LogP contribution in [0.15, 0.2) is 18.2 Å². The number of amides is 2. The normalized spacial score (nSPS) is 17.4. The molecule has 1 aliphatic rings. The van der Waals surface area contributed by atoms with Gasteiger partial charge in [-0.2, -0.15) is 0 Å². The number of likely N-dealkylation sites (tertiary alicyclic amines) is 1. The molecule has 6 heteroatoms. The summed E-state index contributed by atoms with van der Waals surface area (Å²) in [7, 11) is 0. The van der Waals surface area contributed by atoms with Gasteiger partial charge in [0.25, 0.3) is 0 Å². The maximum atomic E-state index is 12.2. The summed E-state index contributed by atoms with van der Waals surface area (Å²) in [6.45, 7) is 4.41. The van der Waals surface area contributed by atoms with Crippen LogP contribution in [-0.2, 0) is 0 Å². The summed E-state index contributed by atoms with van der Waals surface area (Å²) in [5.74, 6) is -1.07. The standard InChI is InChI=1S/C15H20N2O4/c1-10-4-3-5-11(13(18)19)12(10)16-14(20)17-8-6-15(2,21)7-9-17/h3-5,21H,6-9H2,1-2H3,(H,16,20)(H,18,19). The zero-order chi connectivity index (χ0) is 15.6. The zero-order valence-corrected chi connectivity index (χ0v) is 12.2. The number of carbonyl (C=O) groups is 2. The number of para-hydroxylation sites is 1. The van der Waals surface area contributed by atoms with Crippen LogP contribution < -0.4 is 5.32 Å². The number of nitrogens with zero attached hydrogens (tertiary/aromatic N) is 1. The van der Waals surface area contributed by atoms with Crippen LogP contribution in [0.4, 0.5) is 10.5 Å². The Morgan fingerprint density at radius 3 is 2.48 bits per heavy atom. The van der Waals surface area contributed by atoms with E-state index >= 15 is 0 Å². The Kier molecular flexibility index (Phi) is 4.18. The number of nitrogens with one attached hydrogen (secondary N) is 1. The van der Waals surface area contributed by atoms with Crippen molar-refractivity contribution in [1.82, 2.24) is 4.90 Å². The first-order chi connectivity index (χ1) is 9.80. The summed E-state index contributed by atoms with van der Waals surface area (Å²) in [4.78, 5) is 25.1. The lowest BCUT2D eigenvalue weighted by Gasteiger charge is -2.35. The molecule has 114 valence electrons. The van der Waals surface area contributed by atoms with Crippen LogP contribution in [0.5, 0.6) is 0 Å². The molecule has 1 aromatic carbocycles. The van der Waals surface area contributed by atoms with Gasteiger partial charge in [0.05, 0.1) is 16.9 Å². The summed E-state index contributed by atoms with van der Waals surface area (Å²) in [5.41, 5.74) is 0.373. The van der Waals surface area contributed by atoms with Crippen LogP contribution in [0.25, 0.3) is 0 Å². The molecular formula is C15H20N2O4. The lowest BCUT2D eigenvalue weighted by atomic mass is 9.94. The number of carboxylic acid groups (broad SMARTS) is 1. The smallest absolute Gasteiger partial charge is 0.337 e. The van der Waals surface area contributed by atoms with Gasteiger partial charge in [-0.15, -0.1) is 0 Å². The van der Waals surface area contributed by atoms with Gasteiger partial charge >= 0.3 is 12.0 Å². The van der Waals surface area contributed by atoms with Gasteiger partial charge in [-0.3, -0.25) is 0 Å². The predicted molar refractivity (Wildman–Crippen MR) is 78.6 cm³/mol. The molecule has 0 aliphatic carbocycles. The van der Waals surface area contributed by atoms with Gasteiger partial charge in [-0.05, 0) is 38.3 Å². The van der Waals surface area contributed by atoms with Crippen LogP contribution in [0.2, 0.25) is 0 Å². The zero-order valence-electron chi connectivity index (χ0n) is 12.2. The van der Waals surface area contributed by atoms with E-state index in [0.717, 1.165) is 0 Å². The molecule has 1 aromatic rings. The third-order valence-electron chi connectivity index (χ3n) is 3.86. The van der Waals surface area contributed by atoms with E-state index in [1.54, 1.807) is 30.9 Å². The third-order valence-corrected chi connectivity index (χ3v) is 3.86. The first-order valence-corrected chi connectivity index (χ1v) is 6.91. The second-order valence-electron chi connectivity index (χ2n) is 5.72. The van der Waals surface area contributed by atoms with Crippen LogP contribution in [0.3, 0.4) is 0 Å².